The highest BCUT2D eigenvalue weighted by atomic mass is 16.5. The first-order chi connectivity index (χ1) is 11.7. The van der Waals surface area contributed by atoms with Crippen molar-refractivity contribution in [1.82, 2.24) is 9.80 Å². The summed E-state index contributed by atoms with van der Waals surface area (Å²) in [5.74, 6) is 1.05. The predicted octanol–water partition coefficient (Wildman–Crippen LogP) is 2.34. The summed E-state index contributed by atoms with van der Waals surface area (Å²) in [6, 6.07) is 7.21. The molecule has 0 N–H and O–H groups in total. The van der Waals surface area contributed by atoms with Gasteiger partial charge in [0.05, 0.1) is 7.11 Å². The molecule has 2 amide bonds. The van der Waals surface area contributed by atoms with Crippen LogP contribution in [0, 0.1) is 5.92 Å². The molecule has 0 bridgehead atoms. The van der Waals surface area contributed by atoms with Gasteiger partial charge in [0.1, 0.15) is 5.75 Å². The molecule has 0 saturated carbocycles. The van der Waals surface area contributed by atoms with Crippen LogP contribution in [0.15, 0.2) is 36.4 Å². The van der Waals surface area contributed by atoms with E-state index in [9.17, 15) is 9.59 Å². The largest absolute Gasteiger partial charge is 0.497 e. The van der Waals surface area contributed by atoms with Crippen LogP contribution < -0.4 is 4.74 Å². The van der Waals surface area contributed by atoms with Crippen LogP contribution in [0.4, 0.5) is 0 Å². The van der Waals surface area contributed by atoms with Crippen LogP contribution in [0.3, 0.4) is 0 Å². The Balaban J connectivity index is 1.57. The van der Waals surface area contributed by atoms with E-state index >= 15 is 0 Å². The molecule has 24 heavy (non-hydrogen) atoms. The second-order valence-electron chi connectivity index (χ2n) is 6.33. The highest BCUT2D eigenvalue weighted by molar-refractivity contribution is 5.94. The van der Waals surface area contributed by atoms with Gasteiger partial charge in [-0.3, -0.25) is 9.59 Å². The summed E-state index contributed by atoms with van der Waals surface area (Å²) in [5, 5.41) is 0. The molecule has 1 aliphatic heterocycles. The number of methoxy groups -OCH3 is 1. The minimum absolute atomic E-state index is 0.00148. The van der Waals surface area contributed by atoms with Gasteiger partial charge in [-0.25, -0.2) is 0 Å². The van der Waals surface area contributed by atoms with Crippen LogP contribution in [0.2, 0.25) is 0 Å². The van der Waals surface area contributed by atoms with Crippen molar-refractivity contribution in [3.8, 4) is 5.75 Å². The second kappa shape index (κ2) is 7.51. The van der Waals surface area contributed by atoms with E-state index in [1.54, 1.807) is 19.2 Å². The zero-order valence-corrected chi connectivity index (χ0v) is 14.1. The van der Waals surface area contributed by atoms with Gasteiger partial charge in [0.15, 0.2) is 0 Å². The highest BCUT2D eigenvalue weighted by Gasteiger charge is 2.29. The first-order valence-corrected chi connectivity index (χ1v) is 8.56. The first-order valence-electron chi connectivity index (χ1n) is 8.56. The van der Waals surface area contributed by atoms with E-state index in [0.717, 1.165) is 19.3 Å². The molecule has 2 aliphatic rings. The van der Waals surface area contributed by atoms with E-state index in [-0.39, 0.29) is 17.7 Å². The van der Waals surface area contributed by atoms with E-state index in [2.05, 4.69) is 12.2 Å². The molecule has 1 aliphatic carbocycles. The number of ether oxygens (including phenoxy) is 1. The van der Waals surface area contributed by atoms with Gasteiger partial charge in [-0.2, -0.15) is 0 Å². The quantitative estimate of drug-likeness (QED) is 0.800. The van der Waals surface area contributed by atoms with Crippen LogP contribution in [0.5, 0.6) is 5.75 Å². The SMILES string of the molecule is COc1cccc(C(=O)N2CCN(C(=O)C3CC=CCC3)CC2)c1. The van der Waals surface area contributed by atoms with E-state index in [4.69, 9.17) is 4.74 Å². The van der Waals surface area contributed by atoms with Crippen LogP contribution in [-0.4, -0.2) is 54.9 Å². The molecule has 0 radical (unpaired) electrons. The molecule has 1 unspecified atom stereocenters. The maximum atomic E-state index is 12.6. The highest BCUT2D eigenvalue weighted by Crippen LogP contribution is 2.22. The topological polar surface area (TPSA) is 49.9 Å². The van der Waals surface area contributed by atoms with Crippen molar-refractivity contribution in [2.24, 2.45) is 5.92 Å². The van der Waals surface area contributed by atoms with Crippen LogP contribution in [0.25, 0.3) is 0 Å². The summed E-state index contributed by atoms with van der Waals surface area (Å²) in [6.07, 6.45) is 7.04. The number of hydrogen-bond acceptors (Lipinski definition) is 3. The molecule has 0 spiro atoms. The molecule has 1 aromatic rings. The first kappa shape index (κ1) is 16.6. The predicted molar refractivity (Wildman–Crippen MR) is 92.0 cm³/mol. The van der Waals surface area contributed by atoms with Crippen molar-refractivity contribution in [3.05, 3.63) is 42.0 Å². The minimum Gasteiger partial charge on any atom is -0.497 e. The van der Waals surface area contributed by atoms with Gasteiger partial charge in [-0.15, -0.1) is 0 Å². The summed E-state index contributed by atoms with van der Waals surface area (Å²) >= 11 is 0. The number of carbonyl (C=O) groups is 2. The van der Waals surface area contributed by atoms with Crippen LogP contribution in [0.1, 0.15) is 29.6 Å². The Kier molecular flexibility index (Phi) is 5.18. The Morgan fingerprint density at radius 1 is 1.08 bits per heavy atom. The van der Waals surface area contributed by atoms with E-state index in [1.807, 2.05) is 21.9 Å². The monoisotopic (exact) mass is 328 g/mol. The summed E-state index contributed by atoms with van der Waals surface area (Å²) in [6.45, 7) is 2.41. The van der Waals surface area contributed by atoms with Gasteiger partial charge in [0.2, 0.25) is 5.91 Å². The normalized spacial score (nSPS) is 20.8. The Bertz CT molecular complexity index is 633. The fourth-order valence-corrected chi connectivity index (χ4v) is 3.34. The molecule has 1 saturated heterocycles. The van der Waals surface area contributed by atoms with Crippen molar-refractivity contribution >= 4 is 11.8 Å². The lowest BCUT2D eigenvalue weighted by Crippen LogP contribution is -2.52. The van der Waals surface area contributed by atoms with Crippen molar-refractivity contribution in [1.29, 1.82) is 0 Å². The average molecular weight is 328 g/mol. The van der Waals surface area contributed by atoms with Gasteiger partial charge in [-0.1, -0.05) is 18.2 Å². The second-order valence-corrected chi connectivity index (χ2v) is 6.33. The third-order valence-corrected chi connectivity index (χ3v) is 4.81. The lowest BCUT2D eigenvalue weighted by molar-refractivity contribution is -0.137. The van der Waals surface area contributed by atoms with Crippen molar-refractivity contribution in [3.63, 3.8) is 0 Å². The van der Waals surface area contributed by atoms with Gasteiger partial charge >= 0.3 is 0 Å². The van der Waals surface area contributed by atoms with E-state index in [0.29, 0.717) is 37.5 Å². The molecule has 1 fully saturated rings. The summed E-state index contributed by atoms with van der Waals surface area (Å²) in [5.41, 5.74) is 0.631. The van der Waals surface area contributed by atoms with Crippen molar-refractivity contribution in [2.45, 2.75) is 19.3 Å². The zero-order chi connectivity index (χ0) is 16.9. The Morgan fingerprint density at radius 3 is 2.50 bits per heavy atom. The number of allylic oxidation sites excluding steroid dienone is 2. The Hall–Kier alpha value is -2.30. The van der Waals surface area contributed by atoms with Gasteiger partial charge < -0.3 is 14.5 Å². The molecule has 3 rings (SSSR count). The molecule has 5 heteroatoms. The Labute approximate surface area is 142 Å². The number of hydrogen-bond donors (Lipinski definition) is 0. The number of nitrogens with zero attached hydrogens (tertiary/aromatic N) is 2. The van der Waals surface area contributed by atoms with Gasteiger partial charge in [0, 0.05) is 37.7 Å². The van der Waals surface area contributed by atoms with E-state index < -0.39 is 0 Å². The number of benzene rings is 1. The molecular weight excluding hydrogens is 304 g/mol. The molecular formula is C19H24N2O3. The van der Waals surface area contributed by atoms with E-state index in [1.165, 1.54) is 0 Å². The third kappa shape index (κ3) is 3.61. The van der Waals surface area contributed by atoms with Crippen molar-refractivity contribution in [2.75, 3.05) is 33.3 Å². The smallest absolute Gasteiger partial charge is 0.254 e. The number of rotatable bonds is 3. The van der Waals surface area contributed by atoms with Gasteiger partial charge in [0.25, 0.3) is 5.91 Å². The molecule has 1 aromatic carbocycles. The van der Waals surface area contributed by atoms with Crippen LogP contribution in [-0.2, 0) is 4.79 Å². The molecule has 1 heterocycles. The average Bonchev–Trinajstić information content (AvgIpc) is 2.67. The summed E-state index contributed by atoms with van der Waals surface area (Å²) < 4.78 is 5.18. The lowest BCUT2D eigenvalue weighted by atomic mass is 9.93. The number of carbonyl (C=O) groups excluding carboxylic acids is 2. The fraction of sp³-hybridized carbons (Fsp3) is 0.474. The number of piperazine rings is 1. The maximum absolute atomic E-state index is 12.6. The van der Waals surface area contributed by atoms with Crippen molar-refractivity contribution < 1.29 is 14.3 Å². The molecule has 5 nitrogen and oxygen atoms in total. The summed E-state index contributed by atoms with van der Waals surface area (Å²) in [4.78, 5) is 28.9. The molecule has 1 atom stereocenters. The molecule has 128 valence electrons. The zero-order valence-electron chi connectivity index (χ0n) is 14.1. The third-order valence-electron chi connectivity index (χ3n) is 4.81. The van der Waals surface area contributed by atoms with Crippen LogP contribution >= 0.6 is 0 Å². The summed E-state index contributed by atoms with van der Waals surface area (Å²) in [7, 11) is 1.59. The lowest BCUT2D eigenvalue weighted by Gasteiger charge is -2.36. The van der Waals surface area contributed by atoms with Gasteiger partial charge in [-0.05, 0) is 37.5 Å². The Morgan fingerprint density at radius 2 is 1.83 bits per heavy atom. The molecule has 0 aromatic heterocycles. The number of amides is 2. The maximum Gasteiger partial charge on any atom is 0.254 e. The fourth-order valence-electron chi connectivity index (χ4n) is 3.34. The minimum atomic E-state index is 0.00148. The standard InChI is InChI=1S/C19H24N2O3/c1-24-17-9-5-8-16(14-17)19(23)21-12-10-20(11-13-21)18(22)15-6-3-2-4-7-15/h2-3,5,8-9,14-15H,4,6-7,10-13H2,1H3.